The summed E-state index contributed by atoms with van der Waals surface area (Å²) in [7, 11) is 0. The van der Waals surface area contributed by atoms with Crippen LogP contribution in [0.5, 0.6) is 0 Å². The zero-order valence-electron chi connectivity index (χ0n) is 14.3. The Labute approximate surface area is 179 Å². The van der Waals surface area contributed by atoms with E-state index in [0.29, 0.717) is 32.7 Å². The SMILES string of the molecule is Clc1ccc(Cl)nn1.N#Cc1cn(-c2ccc(Cl)nn2)cn1.N#Cc1cnc[nH]1. The van der Waals surface area contributed by atoms with Crippen molar-refractivity contribution in [1.82, 2.24) is 39.9 Å². The summed E-state index contributed by atoms with van der Waals surface area (Å²) in [6, 6.07) is 10.3. The van der Waals surface area contributed by atoms with Crippen molar-refractivity contribution in [2.75, 3.05) is 0 Å². The van der Waals surface area contributed by atoms with Gasteiger partial charge >= 0.3 is 0 Å². The number of aromatic nitrogens is 8. The first-order valence-electron chi connectivity index (χ1n) is 7.48. The zero-order valence-corrected chi connectivity index (χ0v) is 16.5. The molecule has 0 saturated heterocycles. The quantitative estimate of drug-likeness (QED) is 0.468. The average Bonchev–Trinajstić information content (AvgIpc) is 3.43. The number of nitriles is 2. The molecule has 0 saturated carbocycles. The van der Waals surface area contributed by atoms with Crippen molar-refractivity contribution in [3.63, 3.8) is 0 Å². The van der Waals surface area contributed by atoms with E-state index in [0.717, 1.165) is 0 Å². The first-order chi connectivity index (χ1) is 14.0. The molecule has 0 fully saturated rings. The van der Waals surface area contributed by atoms with E-state index in [1.54, 1.807) is 35.0 Å². The highest BCUT2D eigenvalue weighted by Gasteiger charge is 2.01. The van der Waals surface area contributed by atoms with Gasteiger partial charge in [-0.15, -0.1) is 20.4 Å². The summed E-state index contributed by atoms with van der Waals surface area (Å²) >= 11 is 16.3. The van der Waals surface area contributed by atoms with Gasteiger partial charge in [-0.25, -0.2) is 9.97 Å². The molecule has 0 aliphatic rings. The molecule has 13 heteroatoms. The fourth-order valence-electron chi connectivity index (χ4n) is 1.57. The minimum Gasteiger partial charge on any atom is -0.336 e. The third-order valence-electron chi connectivity index (χ3n) is 2.80. The van der Waals surface area contributed by atoms with Crippen molar-refractivity contribution in [1.29, 1.82) is 10.5 Å². The molecule has 4 aromatic heterocycles. The van der Waals surface area contributed by atoms with Gasteiger partial charge in [0.1, 0.15) is 24.2 Å². The lowest BCUT2D eigenvalue weighted by molar-refractivity contribution is 0.912. The second kappa shape index (κ2) is 11.3. The van der Waals surface area contributed by atoms with Gasteiger partial charge in [0.15, 0.2) is 27.0 Å². The van der Waals surface area contributed by atoms with Crippen molar-refractivity contribution >= 4 is 34.8 Å². The van der Waals surface area contributed by atoms with E-state index in [4.69, 9.17) is 45.3 Å². The summed E-state index contributed by atoms with van der Waals surface area (Å²) in [5.74, 6) is 0.573. The number of rotatable bonds is 1. The fourth-order valence-corrected chi connectivity index (χ4v) is 1.87. The van der Waals surface area contributed by atoms with Crippen molar-refractivity contribution in [2.24, 2.45) is 0 Å². The van der Waals surface area contributed by atoms with Crippen LogP contribution in [0.2, 0.25) is 15.5 Å². The van der Waals surface area contributed by atoms with Crippen LogP contribution in [-0.2, 0) is 0 Å². The Bertz CT molecular complexity index is 1070. The van der Waals surface area contributed by atoms with Crippen LogP contribution in [0, 0.1) is 22.7 Å². The molecule has 4 aromatic rings. The molecular formula is C16H9Cl3N10. The highest BCUT2D eigenvalue weighted by molar-refractivity contribution is 6.31. The number of imidazole rings is 2. The summed E-state index contributed by atoms with van der Waals surface area (Å²) < 4.78 is 1.60. The summed E-state index contributed by atoms with van der Waals surface area (Å²) in [6.07, 6.45) is 6.01. The summed E-state index contributed by atoms with van der Waals surface area (Å²) in [5.41, 5.74) is 0.835. The number of hydrogen-bond donors (Lipinski definition) is 1. The molecule has 29 heavy (non-hydrogen) atoms. The lowest BCUT2D eigenvalue weighted by atomic mass is 10.5. The minimum atomic E-state index is 0.328. The van der Waals surface area contributed by atoms with Crippen LogP contribution in [0.4, 0.5) is 0 Å². The number of nitrogens with zero attached hydrogens (tertiary/aromatic N) is 9. The molecule has 144 valence electrons. The summed E-state index contributed by atoms with van der Waals surface area (Å²) in [5, 5.41) is 32.1. The molecular weight excluding hydrogens is 439 g/mol. The van der Waals surface area contributed by atoms with E-state index >= 15 is 0 Å². The van der Waals surface area contributed by atoms with Crippen LogP contribution in [0.3, 0.4) is 0 Å². The first-order valence-corrected chi connectivity index (χ1v) is 8.62. The number of aromatic amines is 1. The van der Waals surface area contributed by atoms with E-state index in [2.05, 4.69) is 35.3 Å². The van der Waals surface area contributed by atoms with Crippen LogP contribution in [0.1, 0.15) is 11.4 Å². The molecule has 0 atom stereocenters. The first kappa shape index (κ1) is 21.7. The Morgan fingerprint density at radius 3 is 1.86 bits per heavy atom. The lowest BCUT2D eigenvalue weighted by Gasteiger charge is -1.97. The second-order valence-corrected chi connectivity index (χ2v) is 5.91. The second-order valence-electron chi connectivity index (χ2n) is 4.75. The molecule has 0 amide bonds. The summed E-state index contributed by atoms with van der Waals surface area (Å²) in [6.45, 7) is 0. The van der Waals surface area contributed by atoms with Gasteiger partial charge in [-0.3, -0.25) is 4.57 Å². The predicted molar refractivity (Wildman–Crippen MR) is 104 cm³/mol. The van der Waals surface area contributed by atoms with Crippen molar-refractivity contribution in [3.05, 3.63) is 76.2 Å². The molecule has 0 aliphatic carbocycles. The van der Waals surface area contributed by atoms with Gasteiger partial charge in [-0.1, -0.05) is 34.8 Å². The Hall–Kier alpha value is -3.57. The predicted octanol–water partition coefficient (Wildman–Crippen LogP) is 3.25. The van der Waals surface area contributed by atoms with Crippen LogP contribution in [-0.4, -0.2) is 39.9 Å². The Morgan fingerprint density at radius 2 is 1.48 bits per heavy atom. The number of halogens is 3. The van der Waals surface area contributed by atoms with Gasteiger partial charge in [0.2, 0.25) is 0 Å². The standard InChI is InChI=1S/C8H4ClN5.C4H2Cl2N2.C4H3N3/c9-7-1-2-8(13-12-7)14-4-6(3-10)11-5-14;5-3-1-2-4(6)8-7-3;5-1-4-2-6-3-7-4/h1-2,4-5H;1-2H;2-3H,(H,6,7). The van der Waals surface area contributed by atoms with Gasteiger partial charge in [0.05, 0.1) is 12.5 Å². The maximum Gasteiger partial charge on any atom is 0.160 e. The normalized spacial score (nSPS) is 9.14. The van der Waals surface area contributed by atoms with Gasteiger partial charge < -0.3 is 4.98 Å². The van der Waals surface area contributed by atoms with Crippen LogP contribution < -0.4 is 0 Å². The lowest BCUT2D eigenvalue weighted by Crippen LogP contribution is -1.95. The molecule has 4 heterocycles. The van der Waals surface area contributed by atoms with Crippen molar-refractivity contribution in [2.45, 2.75) is 0 Å². The molecule has 0 radical (unpaired) electrons. The van der Waals surface area contributed by atoms with Crippen LogP contribution in [0.15, 0.2) is 49.3 Å². The van der Waals surface area contributed by atoms with Crippen molar-refractivity contribution < 1.29 is 0 Å². The molecule has 0 spiro atoms. The third kappa shape index (κ3) is 7.52. The molecule has 4 rings (SSSR count). The van der Waals surface area contributed by atoms with Crippen LogP contribution >= 0.6 is 34.8 Å². The molecule has 0 unspecified atom stereocenters. The van der Waals surface area contributed by atoms with E-state index in [1.165, 1.54) is 18.9 Å². The van der Waals surface area contributed by atoms with Gasteiger partial charge in [-0.2, -0.15) is 10.5 Å². The number of hydrogen-bond acceptors (Lipinski definition) is 8. The molecule has 0 bridgehead atoms. The number of H-pyrrole nitrogens is 1. The number of nitrogens with one attached hydrogen (secondary N) is 1. The Balaban J connectivity index is 0.000000170. The highest BCUT2D eigenvalue weighted by Crippen LogP contribution is 2.07. The molecule has 0 aromatic carbocycles. The van der Waals surface area contributed by atoms with Gasteiger partial charge in [0.25, 0.3) is 0 Å². The van der Waals surface area contributed by atoms with Gasteiger partial charge in [-0.05, 0) is 24.3 Å². The average molecular weight is 448 g/mol. The Morgan fingerprint density at radius 1 is 0.862 bits per heavy atom. The third-order valence-corrected chi connectivity index (χ3v) is 3.40. The largest absolute Gasteiger partial charge is 0.336 e. The molecule has 10 nitrogen and oxygen atoms in total. The molecule has 1 N–H and O–H groups in total. The van der Waals surface area contributed by atoms with Crippen molar-refractivity contribution in [3.8, 4) is 18.0 Å². The Kier molecular flexibility index (Phi) is 8.48. The van der Waals surface area contributed by atoms with Gasteiger partial charge in [0, 0.05) is 6.20 Å². The maximum absolute atomic E-state index is 8.56. The van der Waals surface area contributed by atoms with E-state index in [9.17, 15) is 0 Å². The topological polar surface area (TPSA) is 146 Å². The highest BCUT2D eigenvalue weighted by atomic mass is 35.5. The zero-order chi connectivity index (χ0) is 21.1. The summed E-state index contributed by atoms with van der Waals surface area (Å²) in [4.78, 5) is 10.1. The smallest absolute Gasteiger partial charge is 0.160 e. The van der Waals surface area contributed by atoms with E-state index in [1.807, 2.05) is 12.1 Å². The monoisotopic (exact) mass is 446 g/mol. The fraction of sp³-hybridized carbons (Fsp3) is 0. The van der Waals surface area contributed by atoms with E-state index in [-0.39, 0.29) is 0 Å². The van der Waals surface area contributed by atoms with Crippen LogP contribution in [0.25, 0.3) is 5.82 Å². The minimum absolute atomic E-state index is 0.328. The maximum atomic E-state index is 8.56. The van der Waals surface area contributed by atoms with E-state index < -0.39 is 0 Å². The molecule has 0 aliphatic heterocycles.